The van der Waals surface area contributed by atoms with Gasteiger partial charge in [0.15, 0.2) is 5.78 Å². The van der Waals surface area contributed by atoms with Crippen LogP contribution in [0.2, 0.25) is 0 Å². The van der Waals surface area contributed by atoms with Crippen molar-refractivity contribution in [2.45, 2.75) is 64.2 Å². The fraction of sp³-hybridized carbons (Fsp3) is 0.867. The van der Waals surface area contributed by atoms with Gasteiger partial charge in [0.1, 0.15) is 6.61 Å². The summed E-state index contributed by atoms with van der Waals surface area (Å²) in [4.78, 5) is 22.8. The molecule has 23 heavy (non-hydrogen) atoms. The number of carbonyl (C=O) groups excluding carboxylic acids is 2. The Balaban J connectivity index is 3.58. The zero-order valence-electron chi connectivity index (χ0n) is 13.4. The lowest BCUT2D eigenvalue weighted by Crippen LogP contribution is -2.33. The monoisotopic (exact) mass is 343 g/mol. The van der Waals surface area contributed by atoms with Crippen molar-refractivity contribution < 1.29 is 31.9 Å². The number of Topliss-reactive ketones (excluding diaryl/α,β-unsaturated/α-hetero) is 1. The average Bonchev–Trinajstić information content (AvgIpc) is 2.48. The van der Waals surface area contributed by atoms with E-state index in [1.165, 1.54) is 0 Å². The summed E-state index contributed by atoms with van der Waals surface area (Å²) in [7, 11) is 0. The molecule has 1 N–H and O–H groups in total. The molecule has 0 radical (unpaired) electrons. The highest BCUT2D eigenvalue weighted by Crippen LogP contribution is 2.25. The molecule has 136 valence electrons. The quantitative estimate of drug-likeness (QED) is 0.389. The van der Waals surface area contributed by atoms with Gasteiger partial charge in [-0.25, -0.2) is 17.6 Å². The lowest BCUT2D eigenvalue weighted by atomic mass is 10.1. The van der Waals surface area contributed by atoms with Crippen molar-refractivity contribution in [3.05, 3.63) is 0 Å². The van der Waals surface area contributed by atoms with E-state index in [1.54, 1.807) is 0 Å². The van der Waals surface area contributed by atoms with Crippen molar-refractivity contribution in [2.75, 3.05) is 19.8 Å². The van der Waals surface area contributed by atoms with Crippen LogP contribution in [0.1, 0.15) is 51.9 Å². The third-order valence-corrected chi connectivity index (χ3v) is 3.11. The molecule has 1 amide bonds. The van der Waals surface area contributed by atoms with E-state index in [9.17, 15) is 27.2 Å². The number of halogens is 4. The number of ketones is 1. The van der Waals surface area contributed by atoms with E-state index >= 15 is 0 Å². The molecule has 0 aliphatic carbocycles. The van der Waals surface area contributed by atoms with Crippen LogP contribution in [0.25, 0.3) is 0 Å². The molecule has 0 aromatic rings. The van der Waals surface area contributed by atoms with Gasteiger partial charge in [-0.05, 0) is 19.3 Å². The highest BCUT2D eigenvalue weighted by atomic mass is 19.3. The predicted octanol–water partition coefficient (Wildman–Crippen LogP) is 3.34. The van der Waals surface area contributed by atoms with E-state index in [0.29, 0.717) is 25.9 Å². The summed E-state index contributed by atoms with van der Waals surface area (Å²) in [6.07, 6.45) is -1.64. The van der Waals surface area contributed by atoms with Crippen LogP contribution in [0.5, 0.6) is 0 Å². The second-order valence-electron chi connectivity index (χ2n) is 5.31. The molecule has 0 rings (SSSR count). The van der Waals surface area contributed by atoms with Crippen LogP contribution in [0, 0.1) is 0 Å². The van der Waals surface area contributed by atoms with Gasteiger partial charge in [-0.15, -0.1) is 0 Å². The van der Waals surface area contributed by atoms with Crippen LogP contribution >= 0.6 is 0 Å². The van der Waals surface area contributed by atoms with E-state index in [0.717, 1.165) is 12.8 Å². The van der Waals surface area contributed by atoms with E-state index in [1.807, 2.05) is 6.92 Å². The second-order valence-corrected chi connectivity index (χ2v) is 5.31. The van der Waals surface area contributed by atoms with Crippen LogP contribution in [-0.2, 0) is 14.3 Å². The van der Waals surface area contributed by atoms with E-state index in [-0.39, 0.29) is 18.8 Å². The smallest absolute Gasteiger partial charge is 0.309 e. The highest BCUT2D eigenvalue weighted by molar-refractivity contribution is 5.79. The van der Waals surface area contributed by atoms with Gasteiger partial charge < -0.3 is 10.1 Å². The van der Waals surface area contributed by atoms with E-state index in [4.69, 9.17) is 4.74 Å². The number of carbonyl (C=O) groups is 2. The van der Waals surface area contributed by atoms with Gasteiger partial charge in [0.2, 0.25) is 5.91 Å². The minimum Gasteiger partial charge on any atom is -0.374 e. The van der Waals surface area contributed by atoms with Crippen molar-refractivity contribution in [2.24, 2.45) is 0 Å². The summed E-state index contributed by atoms with van der Waals surface area (Å²) < 4.78 is 54.1. The topological polar surface area (TPSA) is 55.4 Å². The molecule has 0 spiro atoms. The van der Waals surface area contributed by atoms with Gasteiger partial charge in [0.25, 0.3) is 0 Å². The molecule has 0 heterocycles. The number of ether oxygens (including phenoxy) is 1. The predicted molar refractivity (Wildman–Crippen MR) is 77.8 cm³/mol. The summed E-state index contributed by atoms with van der Waals surface area (Å²) in [5.74, 6) is -4.61. The number of unbranched alkanes of at least 4 members (excludes halogenated alkanes) is 2. The summed E-state index contributed by atoms with van der Waals surface area (Å²) in [5, 5.41) is 2.17. The number of nitrogens with one attached hydrogen (secondary N) is 1. The van der Waals surface area contributed by atoms with Crippen LogP contribution < -0.4 is 5.32 Å². The molecule has 0 bridgehead atoms. The van der Waals surface area contributed by atoms with Gasteiger partial charge in [0, 0.05) is 32.4 Å². The molecule has 4 nitrogen and oxygen atoms in total. The summed E-state index contributed by atoms with van der Waals surface area (Å²) in [6.45, 7) is 2.13. The highest BCUT2D eigenvalue weighted by Gasteiger charge is 2.39. The maximum absolute atomic E-state index is 12.6. The van der Waals surface area contributed by atoms with Gasteiger partial charge >= 0.3 is 12.3 Å². The third kappa shape index (κ3) is 12.0. The fourth-order valence-electron chi connectivity index (χ4n) is 1.68. The third-order valence-electron chi connectivity index (χ3n) is 3.11. The average molecular weight is 343 g/mol. The molecular weight excluding hydrogens is 318 g/mol. The normalized spacial score (nSPS) is 11.7. The first kappa shape index (κ1) is 21.8. The Bertz CT molecular complexity index is 352. The molecular formula is C15H25F4NO3. The Hall–Kier alpha value is -1.18. The molecule has 0 atom stereocenters. The lowest BCUT2D eigenvalue weighted by Gasteiger charge is -2.15. The van der Waals surface area contributed by atoms with Gasteiger partial charge in [-0.3, -0.25) is 9.59 Å². The van der Waals surface area contributed by atoms with E-state index in [2.05, 4.69) is 5.32 Å². The van der Waals surface area contributed by atoms with Crippen LogP contribution in [-0.4, -0.2) is 43.8 Å². The molecule has 0 saturated heterocycles. The largest absolute Gasteiger partial charge is 0.374 e. The minimum atomic E-state index is -4.09. The minimum absolute atomic E-state index is 0.0434. The molecule has 0 aliphatic rings. The first-order chi connectivity index (χ1) is 10.8. The Morgan fingerprint density at radius 2 is 1.78 bits per heavy atom. The molecule has 0 aromatic carbocycles. The molecule has 0 aromatic heterocycles. The Kier molecular flexibility index (Phi) is 11.6. The summed E-state index contributed by atoms with van der Waals surface area (Å²) in [6, 6.07) is 0. The molecule has 8 heteroatoms. The molecule has 0 saturated carbocycles. The maximum atomic E-state index is 12.6. The van der Waals surface area contributed by atoms with Crippen LogP contribution in [0.3, 0.4) is 0 Å². The number of amides is 1. The van der Waals surface area contributed by atoms with Crippen molar-refractivity contribution in [1.29, 1.82) is 0 Å². The lowest BCUT2D eigenvalue weighted by molar-refractivity contribution is -0.134. The van der Waals surface area contributed by atoms with Crippen molar-refractivity contribution in [1.82, 2.24) is 5.32 Å². The zero-order chi connectivity index (χ0) is 17.7. The van der Waals surface area contributed by atoms with Gasteiger partial charge in [-0.2, -0.15) is 0 Å². The summed E-state index contributed by atoms with van der Waals surface area (Å²) >= 11 is 0. The van der Waals surface area contributed by atoms with Crippen molar-refractivity contribution >= 4 is 11.7 Å². The van der Waals surface area contributed by atoms with E-state index < -0.39 is 31.2 Å². The second kappa shape index (κ2) is 12.3. The zero-order valence-corrected chi connectivity index (χ0v) is 13.4. The SMILES string of the molecule is CCCCOCC(=O)CCCCC(=O)NCCC(F)(F)C(F)F. The molecule has 0 fully saturated rings. The Labute approximate surface area is 133 Å². The number of hydrogen-bond acceptors (Lipinski definition) is 3. The standard InChI is InChI=1S/C15H25F4NO3/c1-2-3-10-23-11-12(21)6-4-5-7-13(22)20-9-8-15(18,19)14(16)17/h14H,2-11H2,1H3,(H,20,22). The van der Waals surface area contributed by atoms with Crippen LogP contribution in [0.4, 0.5) is 17.6 Å². The van der Waals surface area contributed by atoms with Gasteiger partial charge in [0.05, 0.1) is 0 Å². The molecule has 0 aliphatic heterocycles. The fourth-order valence-corrected chi connectivity index (χ4v) is 1.68. The summed E-state index contributed by atoms with van der Waals surface area (Å²) in [5.41, 5.74) is 0. The van der Waals surface area contributed by atoms with Crippen LogP contribution in [0.15, 0.2) is 0 Å². The first-order valence-corrected chi connectivity index (χ1v) is 7.81. The first-order valence-electron chi connectivity index (χ1n) is 7.81. The number of alkyl halides is 4. The number of hydrogen-bond donors (Lipinski definition) is 1. The van der Waals surface area contributed by atoms with Crippen molar-refractivity contribution in [3.8, 4) is 0 Å². The van der Waals surface area contributed by atoms with Gasteiger partial charge in [-0.1, -0.05) is 13.3 Å². The number of rotatable bonds is 14. The maximum Gasteiger partial charge on any atom is 0.309 e. The molecule has 0 unspecified atom stereocenters. The Morgan fingerprint density at radius 3 is 2.39 bits per heavy atom. The van der Waals surface area contributed by atoms with Crippen molar-refractivity contribution in [3.63, 3.8) is 0 Å². The Morgan fingerprint density at radius 1 is 1.13 bits per heavy atom.